The van der Waals surface area contributed by atoms with Crippen molar-refractivity contribution in [1.29, 1.82) is 0 Å². The molecule has 1 heterocycles. The summed E-state index contributed by atoms with van der Waals surface area (Å²) in [6.07, 6.45) is 3.19. The van der Waals surface area contributed by atoms with Gasteiger partial charge in [-0.25, -0.2) is 4.79 Å². The van der Waals surface area contributed by atoms with Crippen molar-refractivity contribution in [2.45, 2.75) is 26.2 Å². The van der Waals surface area contributed by atoms with Gasteiger partial charge in [-0.2, -0.15) is 0 Å². The molecule has 7 nitrogen and oxygen atoms in total. The molecule has 0 bridgehead atoms. The van der Waals surface area contributed by atoms with E-state index in [4.69, 9.17) is 14.2 Å². The third kappa shape index (κ3) is 4.35. The molecule has 7 heteroatoms. The number of aromatic amines is 1. The second kappa shape index (κ2) is 8.71. The number of carbonyl (C=O) groups is 2. The molecule has 0 radical (unpaired) electrons. The Morgan fingerprint density at radius 2 is 1.97 bits per heavy atom. The molecule has 1 atom stereocenters. The molecule has 0 spiro atoms. The Morgan fingerprint density at radius 3 is 2.74 bits per heavy atom. The number of nitrogens with one attached hydrogen (secondary N) is 2. The van der Waals surface area contributed by atoms with Gasteiger partial charge in [0, 0.05) is 22.7 Å². The van der Waals surface area contributed by atoms with Crippen molar-refractivity contribution in [3.05, 3.63) is 53.2 Å². The lowest BCUT2D eigenvalue weighted by atomic mass is 9.87. The molecule has 4 rings (SSSR count). The summed E-state index contributed by atoms with van der Waals surface area (Å²) < 4.78 is 15.7. The Bertz CT molecular complexity index is 1130. The highest BCUT2D eigenvalue weighted by Crippen LogP contribution is 2.32. The maximum Gasteiger partial charge on any atom is 0.338 e. The Labute approximate surface area is 180 Å². The molecule has 2 N–H and O–H groups in total. The highest BCUT2D eigenvalue weighted by atomic mass is 16.5. The minimum Gasteiger partial charge on any atom is -0.497 e. The predicted octanol–water partition coefficient (Wildman–Crippen LogP) is 4.11. The van der Waals surface area contributed by atoms with Crippen LogP contribution in [0.1, 0.15) is 35.0 Å². The average molecular weight is 422 g/mol. The summed E-state index contributed by atoms with van der Waals surface area (Å²) in [5, 5.41) is 3.75. The number of anilines is 1. The predicted molar refractivity (Wildman–Crippen MR) is 118 cm³/mol. The van der Waals surface area contributed by atoms with Gasteiger partial charge in [-0.15, -0.1) is 0 Å². The number of methoxy groups -OCH3 is 2. The van der Waals surface area contributed by atoms with Gasteiger partial charge < -0.3 is 24.5 Å². The fourth-order valence-electron chi connectivity index (χ4n) is 4.03. The first-order valence-electron chi connectivity index (χ1n) is 10.3. The Hall–Kier alpha value is -3.48. The van der Waals surface area contributed by atoms with Crippen LogP contribution in [-0.4, -0.2) is 37.7 Å². The molecule has 0 saturated carbocycles. The van der Waals surface area contributed by atoms with Crippen LogP contribution in [0.3, 0.4) is 0 Å². The van der Waals surface area contributed by atoms with Crippen molar-refractivity contribution in [2.24, 2.45) is 5.92 Å². The fourth-order valence-corrected chi connectivity index (χ4v) is 4.03. The zero-order chi connectivity index (χ0) is 22.0. The number of aromatic nitrogens is 1. The number of ether oxygens (including phenoxy) is 3. The third-order valence-corrected chi connectivity index (χ3v) is 5.69. The minimum atomic E-state index is -0.534. The minimum absolute atomic E-state index is 0.403. The second-order valence-corrected chi connectivity index (χ2v) is 7.88. The number of carbonyl (C=O) groups excluding carboxylic acids is 2. The van der Waals surface area contributed by atoms with Crippen molar-refractivity contribution in [2.75, 3.05) is 26.1 Å². The lowest BCUT2D eigenvalue weighted by Crippen LogP contribution is -2.21. The lowest BCUT2D eigenvalue weighted by molar-refractivity contribution is -0.119. The first kappa shape index (κ1) is 20.8. The molecule has 1 aromatic heterocycles. The van der Waals surface area contributed by atoms with E-state index in [1.165, 1.54) is 31.9 Å². The zero-order valence-electron chi connectivity index (χ0n) is 17.9. The van der Waals surface area contributed by atoms with Gasteiger partial charge in [0.1, 0.15) is 11.5 Å². The van der Waals surface area contributed by atoms with Crippen LogP contribution in [0.25, 0.3) is 10.9 Å². The molecule has 0 aliphatic heterocycles. The molecule has 31 heavy (non-hydrogen) atoms. The zero-order valence-corrected chi connectivity index (χ0v) is 17.9. The van der Waals surface area contributed by atoms with Gasteiger partial charge in [0.05, 0.1) is 25.5 Å². The standard InChI is InChI=1S/C24H26N2O5/c1-14-4-7-19-17(10-14)18-11-15(5-8-20(18)25-19)24(28)31-13-23(27)26-21-12-16(29-2)6-9-22(21)30-3/h5-6,8-9,11-12,14,25H,4,7,10,13H2,1-3H3,(H,26,27). The van der Waals surface area contributed by atoms with Crippen molar-refractivity contribution >= 4 is 28.5 Å². The van der Waals surface area contributed by atoms with Crippen LogP contribution in [0.5, 0.6) is 11.5 Å². The molecular weight excluding hydrogens is 396 g/mol. The van der Waals surface area contributed by atoms with Gasteiger partial charge >= 0.3 is 5.97 Å². The van der Waals surface area contributed by atoms with Crippen molar-refractivity contribution in [3.8, 4) is 11.5 Å². The van der Waals surface area contributed by atoms with Crippen LogP contribution in [-0.2, 0) is 22.4 Å². The SMILES string of the molecule is COc1ccc(OC)c(NC(=O)COC(=O)c2ccc3[nH]c4c(c3c2)CC(C)CC4)c1. The van der Waals surface area contributed by atoms with E-state index in [9.17, 15) is 9.59 Å². The molecule has 0 saturated heterocycles. The molecule has 3 aromatic rings. The van der Waals surface area contributed by atoms with Gasteiger partial charge in [-0.1, -0.05) is 6.92 Å². The maximum absolute atomic E-state index is 12.6. The number of hydrogen-bond donors (Lipinski definition) is 2. The average Bonchev–Trinajstić information content (AvgIpc) is 3.14. The number of aryl methyl sites for hydroxylation is 1. The van der Waals surface area contributed by atoms with E-state index in [1.54, 1.807) is 24.3 Å². The third-order valence-electron chi connectivity index (χ3n) is 5.69. The Balaban J connectivity index is 1.43. The van der Waals surface area contributed by atoms with Gasteiger partial charge in [-0.05, 0) is 61.1 Å². The molecule has 2 aromatic carbocycles. The van der Waals surface area contributed by atoms with Gasteiger partial charge in [0.25, 0.3) is 5.91 Å². The van der Waals surface area contributed by atoms with Crippen molar-refractivity contribution in [1.82, 2.24) is 4.98 Å². The number of esters is 1. The summed E-state index contributed by atoms with van der Waals surface area (Å²) in [5.41, 5.74) is 4.44. The summed E-state index contributed by atoms with van der Waals surface area (Å²) in [6.45, 7) is 1.84. The van der Waals surface area contributed by atoms with E-state index in [1.807, 2.05) is 12.1 Å². The largest absolute Gasteiger partial charge is 0.497 e. The Kier molecular flexibility index (Phi) is 5.84. The van der Waals surface area contributed by atoms with Crippen LogP contribution < -0.4 is 14.8 Å². The number of hydrogen-bond acceptors (Lipinski definition) is 5. The molecule has 162 valence electrons. The van der Waals surface area contributed by atoms with Crippen LogP contribution in [0, 0.1) is 5.92 Å². The summed E-state index contributed by atoms with van der Waals surface area (Å²) in [4.78, 5) is 28.4. The van der Waals surface area contributed by atoms with E-state index in [0.717, 1.165) is 23.7 Å². The molecule has 1 amide bonds. The van der Waals surface area contributed by atoms with Gasteiger partial charge in [0.15, 0.2) is 6.61 Å². The first-order chi connectivity index (χ1) is 15.0. The Morgan fingerprint density at radius 1 is 1.13 bits per heavy atom. The normalized spacial score (nSPS) is 15.3. The summed E-state index contributed by atoms with van der Waals surface area (Å²) in [6, 6.07) is 10.5. The number of H-pyrrole nitrogens is 1. The van der Waals surface area contributed by atoms with Crippen molar-refractivity contribution in [3.63, 3.8) is 0 Å². The molecule has 1 aliphatic carbocycles. The van der Waals surface area contributed by atoms with Crippen LogP contribution in [0.15, 0.2) is 36.4 Å². The summed E-state index contributed by atoms with van der Waals surface area (Å²) >= 11 is 0. The van der Waals surface area contributed by atoms with Gasteiger partial charge in [0.2, 0.25) is 0 Å². The van der Waals surface area contributed by atoms with Crippen LogP contribution in [0.4, 0.5) is 5.69 Å². The summed E-state index contributed by atoms with van der Waals surface area (Å²) in [5.74, 6) is 0.685. The fraction of sp³-hybridized carbons (Fsp3) is 0.333. The van der Waals surface area contributed by atoms with E-state index in [0.29, 0.717) is 28.7 Å². The van der Waals surface area contributed by atoms with E-state index >= 15 is 0 Å². The number of rotatable bonds is 6. The summed E-state index contributed by atoms with van der Waals surface area (Å²) in [7, 11) is 3.04. The molecule has 0 fully saturated rings. The molecule has 1 aliphatic rings. The second-order valence-electron chi connectivity index (χ2n) is 7.88. The monoisotopic (exact) mass is 422 g/mol. The van der Waals surface area contributed by atoms with Crippen LogP contribution in [0.2, 0.25) is 0 Å². The van der Waals surface area contributed by atoms with Crippen LogP contribution >= 0.6 is 0 Å². The maximum atomic E-state index is 12.6. The first-order valence-corrected chi connectivity index (χ1v) is 10.3. The van der Waals surface area contributed by atoms with E-state index in [-0.39, 0.29) is 0 Å². The van der Waals surface area contributed by atoms with Gasteiger partial charge in [-0.3, -0.25) is 4.79 Å². The lowest BCUT2D eigenvalue weighted by Gasteiger charge is -2.18. The number of benzene rings is 2. The van der Waals surface area contributed by atoms with Crippen molar-refractivity contribution < 1.29 is 23.8 Å². The quantitative estimate of drug-likeness (QED) is 0.584. The highest BCUT2D eigenvalue weighted by molar-refractivity contribution is 5.99. The number of fused-ring (bicyclic) bond motifs is 3. The molecule has 1 unspecified atom stereocenters. The highest BCUT2D eigenvalue weighted by Gasteiger charge is 2.21. The van der Waals surface area contributed by atoms with E-state index < -0.39 is 18.5 Å². The van der Waals surface area contributed by atoms with E-state index in [2.05, 4.69) is 17.2 Å². The topological polar surface area (TPSA) is 89.7 Å². The molecular formula is C24H26N2O5. The smallest absolute Gasteiger partial charge is 0.338 e. The number of amides is 1.